The lowest BCUT2D eigenvalue weighted by Crippen LogP contribution is -2.35. The number of rotatable bonds is 12. The van der Waals surface area contributed by atoms with Gasteiger partial charge in [-0.05, 0) is 6.42 Å². The third-order valence-corrected chi connectivity index (χ3v) is 4.87. The number of hydrogen-bond donors (Lipinski definition) is 4. The minimum Gasteiger partial charge on any atom is -0.394 e. The zero-order chi connectivity index (χ0) is 18.9. The summed E-state index contributed by atoms with van der Waals surface area (Å²) in [6.45, 7) is 2.44. The van der Waals surface area contributed by atoms with Crippen molar-refractivity contribution in [1.82, 2.24) is 0 Å². The van der Waals surface area contributed by atoms with Crippen molar-refractivity contribution in [2.24, 2.45) is 0 Å². The van der Waals surface area contributed by atoms with Crippen molar-refractivity contribution in [1.29, 1.82) is 0 Å². The molecule has 2 heterocycles. The van der Waals surface area contributed by atoms with Crippen LogP contribution in [0.1, 0.15) is 51.9 Å². The van der Waals surface area contributed by atoms with Crippen molar-refractivity contribution in [2.45, 2.75) is 95.0 Å². The summed E-state index contributed by atoms with van der Waals surface area (Å²) >= 11 is 0. The van der Waals surface area contributed by atoms with Crippen LogP contribution in [0.2, 0.25) is 0 Å². The predicted octanol–water partition coefficient (Wildman–Crippen LogP) is 0.295. The Labute approximate surface area is 155 Å². The lowest BCUT2D eigenvalue weighted by Gasteiger charge is -2.19. The van der Waals surface area contributed by atoms with E-state index in [2.05, 4.69) is 6.92 Å². The Bertz CT molecular complexity index is 382. The van der Waals surface area contributed by atoms with Gasteiger partial charge in [0.15, 0.2) is 12.6 Å². The Morgan fingerprint density at radius 3 is 2.31 bits per heavy atom. The van der Waals surface area contributed by atoms with Gasteiger partial charge in [0.05, 0.1) is 19.3 Å². The number of aliphatic hydroxyl groups excluding tert-OH is 4. The molecule has 0 aromatic rings. The van der Waals surface area contributed by atoms with Crippen molar-refractivity contribution in [3.63, 3.8) is 0 Å². The highest BCUT2D eigenvalue weighted by molar-refractivity contribution is 4.86. The van der Waals surface area contributed by atoms with Gasteiger partial charge in [-0.25, -0.2) is 0 Å². The smallest absolute Gasteiger partial charge is 0.186 e. The molecular formula is C18H34O8. The van der Waals surface area contributed by atoms with Gasteiger partial charge in [-0.3, -0.25) is 0 Å². The molecule has 8 nitrogen and oxygen atoms in total. The molecule has 2 rings (SSSR count). The maximum Gasteiger partial charge on any atom is 0.186 e. The standard InChI is InChI=1S/C18H34O8/c1-2-3-4-5-6-7-8-23-17-13(20)9-12(25-17)11-24-18-16(22)15(21)14(10-19)26-18/h12-22H,2-11H2,1H3/t12-,13?,14+,15-,16?,17-,18-/m0/s1. The lowest BCUT2D eigenvalue weighted by molar-refractivity contribution is -0.204. The average molecular weight is 378 g/mol. The topological polar surface area (TPSA) is 118 Å². The second-order valence-corrected chi connectivity index (χ2v) is 7.11. The van der Waals surface area contributed by atoms with Crippen LogP contribution in [0.3, 0.4) is 0 Å². The van der Waals surface area contributed by atoms with Crippen LogP contribution in [0.25, 0.3) is 0 Å². The van der Waals surface area contributed by atoms with E-state index in [-0.39, 0.29) is 12.7 Å². The molecule has 0 spiro atoms. The van der Waals surface area contributed by atoms with Crippen LogP contribution in [-0.2, 0) is 18.9 Å². The van der Waals surface area contributed by atoms with Gasteiger partial charge in [0, 0.05) is 13.0 Å². The van der Waals surface area contributed by atoms with Crippen molar-refractivity contribution < 1.29 is 39.4 Å². The summed E-state index contributed by atoms with van der Waals surface area (Å²) in [6.07, 6.45) is 1.32. The minimum absolute atomic E-state index is 0.0978. The fourth-order valence-corrected chi connectivity index (χ4v) is 3.26. The van der Waals surface area contributed by atoms with E-state index >= 15 is 0 Å². The first-order chi connectivity index (χ1) is 12.6. The van der Waals surface area contributed by atoms with Gasteiger partial charge < -0.3 is 39.4 Å². The summed E-state index contributed by atoms with van der Waals surface area (Å²) in [5.74, 6) is 0. The van der Waals surface area contributed by atoms with E-state index < -0.39 is 43.6 Å². The van der Waals surface area contributed by atoms with E-state index in [9.17, 15) is 15.3 Å². The summed E-state index contributed by atoms with van der Waals surface area (Å²) in [5.41, 5.74) is 0. The average Bonchev–Trinajstić information content (AvgIpc) is 3.12. The highest BCUT2D eigenvalue weighted by Gasteiger charge is 2.44. The predicted molar refractivity (Wildman–Crippen MR) is 92.3 cm³/mol. The Balaban J connectivity index is 1.59. The minimum atomic E-state index is -1.22. The molecule has 0 saturated carbocycles. The Kier molecular flexibility index (Phi) is 9.73. The van der Waals surface area contributed by atoms with Gasteiger partial charge in [-0.1, -0.05) is 39.0 Å². The van der Waals surface area contributed by atoms with Crippen LogP contribution >= 0.6 is 0 Å². The van der Waals surface area contributed by atoms with Gasteiger partial charge in [0.2, 0.25) is 0 Å². The highest BCUT2D eigenvalue weighted by atomic mass is 16.7. The van der Waals surface area contributed by atoms with Crippen LogP contribution in [0.5, 0.6) is 0 Å². The molecule has 2 aliphatic heterocycles. The van der Waals surface area contributed by atoms with Gasteiger partial charge in [-0.15, -0.1) is 0 Å². The summed E-state index contributed by atoms with van der Waals surface area (Å²) in [5, 5.41) is 38.6. The molecule has 0 bridgehead atoms. The third kappa shape index (κ3) is 6.38. The molecule has 0 amide bonds. The van der Waals surface area contributed by atoms with Crippen LogP contribution in [0, 0.1) is 0 Å². The second-order valence-electron chi connectivity index (χ2n) is 7.11. The number of hydrogen-bond acceptors (Lipinski definition) is 8. The molecule has 2 saturated heterocycles. The molecule has 0 radical (unpaired) electrons. The molecule has 7 atom stereocenters. The van der Waals surface area contributed by atoms with Crippen molar-refractivity contribution in [2.75, 3.05) is 19.8 Å². The van der Waals surface area contributed by atoms with E-state index in [1.54, 1.807) is 0 Å². The molecule has 2 fully saturated rings. The van der Waals surface area contributed by atoms with Gasteiger partial charge in [0.25, 0.3) is 0 Å². The summed E-state index contributed by atoms with van der Waals surface area (Å²) in [7, 11) is 0. The SMILES string of the molecule is CCCCCCCCO[C@H]1O[C@H](CO[C@H]2O[C@H](CO)[C@H](O)C2O)CC1O. The quantitative estimate of drug-likeness (QED) is 0.358. The molecule has 154 valence electrons. The first kappa shape index (κ1) is 22.0. The maximum atomic E-state index is 10.0. The fraction of sp³-hybridized carbons (Fsp3) is 1.00. The largest absolute Gasteiger partial charge is 0.394 e. The van der Waals surface area contributed by atoms with Crippen molar-refractivity contribution >= 4 is 0 Å². The molecule has 8 heteroatoms. The molecular weight excluding hydrogens is 344 g/mol. The Morgan fingerprint density at radius 1 is 0.885 bits per heavy atom. The van der Waals surface area contributed by atoms with E-state index in [1.807, 2.05) is 0 Å². The molecule has 2 aliphatic rings. The summed E-state index contributed by atoms with van der Waals surface area (Å²) in [4.78, 5) is 0. The highest BCUT2D eigenvalue weighted by Crippen LogP contribution is 2.26. The lowest BCUT2D eigenvalue weighted by atomic mass is 10.1. The third-order valence-electron chi connectivity index (χ3n) is 4.87. The number of unbranched alkanes of at least 4 members (excludes halogenated alkanes) is 5. The molecule has 0 aliphatic carbocycles. The van der Waals surface area contributed by atoms with Crippen molar-refractivity contribution in [3.05, 3.63) is 0 Å². The van der Waals surface area contributed by atoms with Crippen molar-refractivity contribution in [3.8, 4) is 0 Å². The molecule has 26 heavy (non-hydrogen) atoms. The molecule has 0 aromatic carbocycles. The number of aliphatic hydroxyl groups is 4. The maximum absolute atomic E-state index is 10.0. The van der Waals surface area contributed by atoms with Gasteiger partial charge >= 0.3 is 0 Å². The van der Waals surface area contributed by atoms with E-state index in [0.717, 1.165) is 12.8 Å². The normalized spacial score (nSPS) is 37.5. The first-order valence-corrected chi connectivity index (χ1v) is 9.76. The van der Waals surface area contributed by atoms with Gasteiger partial charge in [-0.2, -0.15) is 0 Å². The molecule has 2 unspecified atom stereocenters. The zero-order valence-corrected chi connectivity index (χ0v) is 15.5. The van der Waals surface area contributed by atoms with E-state index in [4.69, 9.17) is 24.1 Å². The van der Waals surface area contributed by atoms with Crippen LogP contribution in [0.15, 0.2) is 0 Å². The first-order valence-electron chi connectivity index (χ1n) is 9.76. The molecule has 0 aromatic heterocycles. The fourth-order valence-electron chi connectivity index (χ4n) is 3.26. The molecule has 4 N–H and O–H groups in total. The summed E-state index contributed by atoms with van der Waals surface area (Å²) in [6, 6.07) is 0. The van der Waals surface area contributed by atoms with E-state index in [0.29, 0.717) is 13.0 Å². The monoisotopic (exact) mass is 378 g/mol. The van der Waals surface area contributed by atoms with Crippen LogP contribution in [0.4, 0.5) is 0 Å². The second kappa shape index (κ2) is 11.5. The number of ether oxygens (including phenoxy) is 4. The zero-order valence-electron chi connectivity index (χ0n) is 15.5. The Morgan fingerprint density at radius 2 is 1.62 bits per heavy atom. The van der Waals surface area contributed by atoms with Crippen LogP contribution < -0.4 is 0 Å². The summed E-state index contributed by atoms with van der Waals surface area (Å²) < 4.78 is 22.0. The van der Waals surface area contributed by atoms with E-state index in [1.165, 1.54) is 25.7 Å². The van der Waals surface area contributed by atoms with Crippen LogP contribution in [-0.4, -0.2) is 83.3 Å². The van der Waals surface area contributed by atoms with Gasteiger partial charge in [0.1, 0.15) is 24.4 Å². The Hall–Kier alpha value is -0.320.